The van der Waals surface area contributed by atoms with Gasteiger partial charge in [-0.25, -0.2) is 0 Å². The van der Waals surface area contributed by atoms with Gasteiger partial charge in [0.15, 0.2) is 0 Å². The van der Waals surface area contributed by atoms with Gasteiger partial charge < -0.3 is 16.2 Å². The van der Waals surface area contributed by atoms with E-state index in [1.54, 1.807) is 0 Å². The molecule has 1 aromatic heterocycles. The molecule has 1 fully saturated rings. The SMILES string of the molecule is Cc1sc(NC(=O)[C@H]2CCCC[C@H]2C(=O)O)c(C(N)=O)c1-c1ccc(C(C)(C)C)cc1. The zero-order valence-corrected chi connectivity index (χ0v) is 19.3. The number of benzene rings is 1. The zero-order valence-electron chi connectivity index (χ0n) is 18.5. The van der Waals surface area contributed by atoms with E-state index in [0.29, 0.717) is 23.4 Å². The van der Waals surface area contributed by atoms with Crippen LogP contribution in [-0.2, 0) is 15.0 Å². The van der Waals surface area contributed by atoms with E-state index in [-0.39, 0.29) is 16.9 Å². The minimum Gasteiger partial charge on any atom is -0.481 e. The molecule has 31 heavy (non-hydrogen) atoms. The first-order chi connectivity index (χ1) is 14.5. The lowest BCUT2D eigenvalue weighted by molar-refractivity contribution is -0.147. The number of anilines is 1. The number of primary amides is 1. The van der Waals surface area contributed by atoms with Crippen LogP contribution in [0.25, 0.3) is 11.1 Å². The number of nitrogens with two attached hydrogens (primary N) is 1. The molecule has 1 heterocycles. The van der Waals surface area contributed by atoms with Crippen LogP contribution < -0.4 is 11.1 Å². The molecule has 2 aromatic rings. The minimum atomic E-state index is -0.947. The summed E-state index contributed by atoms with van der Waals surface area (Å²) < 4.78 is 0. The molecule has 1 aliphatic rings. The van der Waals surface area contributed by atoms with Crippen molar-refractivity contribution in [1.29, 1.82) is 0 Å². The average Bonchev–Trinajstić information content (AvgIpc) is 3.03. The van der Waals surface area contributed by atoms with E-state index in [9.17, 15) is 19.5 Å². The fraction of sp³-hybridized carbons (Fsp3) is 0.458. The van der Waals surface area contributed by atoms with Gasteiger partial charge in [0, 0.05) is 10.4 Å². The summed E-state index contributed by atoms with van der Waals surface area (Å²) in [6.45, 7) is 8.29. The topological polar surface area (TPSA) is 109 Å². The highest BCUT2D eigenvalue weighted by Gasteiger charge is 2.36. The number of carboxylic acid groups (broad SMARTS) is 1. The van der Waals surface area contributed by atoms with Crippen LogP contribution in [0, 0.1) is 18.8 Å². The first kappa shape index (κ1) is 23.0. The molecule has 7 heteroatoms. The molecule has 0 saturated heterocycles. The Kier molecular flexibility index (Phi) is 6.55. The Morgan fingerprint density at radius 2 is 1.65 bits per heavy atom. The smallest absolute Gasteiger partial charge is 0.307 e. The highest BCUT2D eigenvalue weighted by Crippen LogP contribution is 2.41. The number of aliphatic carboxylic acids is 1. The Morgan fingerprint density at radius 3 is 2.16 bits per heavy atom. The third kappa shape index (κ3) is 4.82. The van der Waals surface area contributed by atoms with Gasteiger partial charge in [-0.15, -0.1) is 11.3 Å². The predicted molar refractivity (Wildman–Crippen MR) is 123 cm³/mol. The van der Waals surface area contributed by atoms with Crippen LogP contribution in [0.5, 0.6) is 0 Å². The maximum absolute atomic E-state index is 12.9. The molecule has 0 radical (unpaired) electrons. The van der Waals surface area contributed by atoms with Crippen LogP contribution in [0.1, 0.15) is 67.3 Å². The highest BCUT2D eigenvalue weighted by atomic mass is 32.1. The highest BCUT2D eigenvalue weighted by molar-refractivity contribution is 7.17. The summed E-state index contributed by atoms with van der Waals surface area (Å²) in [5, 5.41) is 12.7. The summed E-state index contributed by atoms with van der Waals surface area (Å²) in [5.41, 5.74) is 8.75. The largest absolute Gasteiger partial charge is 0.481 e. The van der Waals surface area contributed by atoms with E-state index >= 15 is 0 Å². The summed E-state index contributed by atoms with van der Waals surface area (Å²) in [4.78, 5) is 37.8. The fourth-order valence-electron chi connectivity index (χ4n) is 4.30. The summed E-state index contributed by atoms with van der Waals surface area (Å²) >= 11 is 1.30. The number of hydrogen-bond acceptors (Lipinski definition) is 4. The lowest BCUT2D eigenvalue weighted by Crippen LogP contribution is -2.36. The van der Waals surface area contributed by atoms with Crippen LogP contribution in [-0.4, -0.2) is 22.9 Å². The number of rotatable bonds is 5. The second-order valence-electron chi connectivity index (χ2n) is 9.25. The van der Waals surface area contributed by atoms with E-state index in [2.05, 4.69) is 26.1 Å². The van der Waals surface area contributed by atoms with Crippen molar-refractivity contribution in [3.05, 3.63) is 40.3 Å². The molecule has 4 N–H and O–H groups in total. The van der Waals surface area contributed by atoms with Crippen molar-refractivity contribution in [3.63, 3.8) is 0 Å². The number of carbonyl (C=O) groups is 3. The molecule has 2 atom stereocenters. The van der Waals surface area contributed by atoms with E-state index < -0.39 is 23.7 Å². The van der Waals surface area contributed by atoms with Crippen LogP contribution >= 0.6 is 11.3 Å². The summed E-state index contributed by atoms with van der Waals surface area (Å²) in [5.74, 6) is -3.23. The lowest BCUT2D eigenvalue weighted by atomic mass is 9.78. The van der Waals surface area contributed by atoms with Gasteiger partial charge in [-0.05, 0) is 36.3 Å². The molecule has 0 aliphatic heterocycles. The third-order valence-electron chi connectivity index (χ3n) is 6.03. The van der Waals surface area contributed by atoms with Crippen molar-refractivity contribution in [3.8, 4) is 11.1 Å². The first-order valence-corrected chi connectivity index (χ1v) is 11.4. The van der Waals surface area contributed by atoms with E-state index in [0.717, 1.165) is 23.3 Å². The van der Waals surface area contributed by atoms with E-state index in [1.807, 2.05) is 31.2 Å². The Labute approximate surface area is 186 Å². The maximum Gasteiger partial charge on any atom is 0.307 e. The molecule has 2 amide bonds. The molecule has 1 saturated carbocycles. The molecule has 0 unspecified atom stereocenters. The summed E-state index contributed by atoms with van der Waals surface area (Å²) in [6.07, 6.45) is 2.64. The Hall–Kier alpha value is -2.67. The van der Waals surface area contributed by atoms with Gasteiger partial charge in [-0.2, -0.15) is 0 Å². The van der Waals surface area contributed by atoms with Crippen LogP contribution in [0.15, 0.2) is 24.3 Å². The lowest BCUT2D eigenvalue weighted by Gasteiger charge is -2.27. The standard InChI is InChI=1S/C24H30N2O4S/c1-13-18(14-9-11-15(12-10-14)24(2,3)4)19(20(25)27)22(31-13)26-21(28)16-7-5-6-8-17(16)23(29)30/h9-12,16-17H,5-8H2,1-4H3,(H2,25,27)(H,26,28)(H,29,30)/t16-,17+/m0/s1. The Balaban J connectivity index is 1.95. The predicted octanol–water partition coefficient (Wildman–Crippen LogP) is 4.95. The van der Waals surface area contributed by atoms with Crippen molar-refractivity contribution in [2.45, 2.75) is 58.8 Å². The van der Waals surface area contributed by atoms with Crippen LogP contribution in [0.3, 0.4) is 0 Å². The molecular weight excluding hydrogens is 412 g/mol. The quantitative estimate of drug-likeness (QED) is 0.608. The van der Waals surface area contributed by atoms with Gasteiger partial charge in [0.05, 0.1) is 17.4 Å². The molecular formula is C24H30N2O4S. The number of aryl methyl sites for hydroxylation is 1. The monoisotopic (exact) mass is 442 g/mol. The average molecular weight is 443 g/mol. The van der Waals surface area contributed by atoms with Crippen molar-refractivity contribution >= 4 is 34.1 Å². The normalized spacial score (nSPS) is 19.1. The summed E-state index contributed by atoms with van der Waals surface area (Å²) in [7, 11) is 0. The number of carboxylic acids is 1. The second kappa shape index (κ2) is 8.83. The van der Waals surface area contributed by atoms with Gasteiger partial charge in [-0.1, -0.05) is 57.9 Å². The fourth-order valence-corrected chi connectivity index (χ4v) is 5.38. The van der Waals surface area contributed by atoms with Gasteiger partial charge in [0.25, 0.3) is 5.91 Å². The first-order valence-electron chi connectivity index (χ1n) is 10.6. The third-order valence-corrected chi connectivity index (χ3v) is 7.05. The molecule has 166 valence electrons. The van der Waals surface area contributed by atoms with Gasteiger partial charge in [0.1, 0.15) is 5.00 Å². The second-order valence-corrected chi connectivity index (χ2v) is 10.5. The van der Waals surface area contributed by atoms with Crippen molar-refractivity contribution in [2.24, 2.45) is 17.6 Å². The van der Waals surface area contributed by atoms with E-state index in [1.165, 1.54) is 16.9 Å². The molecule has 6 nitrogen and oxygen atoms in total. The Morgan fingerprint density at radius 1 is 1.06 bits per heavy atom. The van der Waals surface area contributed by atoms with Gasteiger partial charge in [0.2, 0.25) is 5.91 Å². The van der Waals surface area contributed by atoms with Crippen molar-refractivity contribution in [1.82, 2.24) is 0 Å². The number of hydrogen-bond donors (Lipinski definition) is 3. The number of thiophene rings is 1. The van der Waals surface area contributed by atoms with Gasteiger partial charge in [-0.3, -0.25) is 14.4 Å². The molecule has 0 spiro atoms. The van der Waals surface area contributed by atoms with Gasteiger partial charge >= 0.3 is 5.97 Å². The molecule has 3 rings (SSSR count). The maximum atomic E-state index is 12.9. The van der Waals surface area contributed by atoms with Crippen molar-refractivity contribution < 1.29 is 19.5 Å². The number of amides is 2. The zero-order chi connectivity index (χ0) is 22.9. The molecule has 1 aliphatic carbocycles. The Bertz CT molecular complexity index is 1000. The van der Waals surface area contributed by atoms with Crippen molar-refractivity contribution in [2.75, 3.05) is 5.32 Å². The minimum absolute atomic E-state index is 0.00848. The van der Waals surface area contributed by atoms with Crippen LogP contribution in [0.4, 0.5) is 5.00 Å². The molecule has 0 bridgehead atoms. The molecule has 1 aromatic carbocycles. The van der Waals surface area contributed by atoms with Crippen LogP contribution in [0.2, 0.25) is 0 Å². The summed E-state index contributed by atoms with van der Waals surface area (Å²) in [6, 6.07) is 8.01. The number of nitrogens with one attached hydrogen (secondary N) is 1. The van der Waals surface area contributed by atoms with E-state index in [4.69, 9.17) is 5.73 Å². The number of carbonyl (C=O) groups excluding carboxylic acids is 2.